The van der Waals surface area contributed by atoms with Crippen LogP contribution in [0.5, 0.6) is 0 Å². The fraction of sp³-hybridized carbons (Fsp3) is 0.529. The van der Waals surface area contributed by atoms with Crippen molar-refractivity contribution in [3.63, 3.8) is 0 Å². The minimum absolute atomic E-state index is 0.0182. The van der Waals surface area contributed by atoms with Crippen molar-refractivity contribution < 1.29 is 18.4 Å². The summed E-state index contributed by atoms with van der Waals surface area (Å²) in [6, 6.07) is 3.04. The van der Waals surface area contributed by atoms with Crippen LogP contribution in [0.25, 0.3) is 0 Å². The highest BCUT2D eigenvalue weighted by atomic mass is 19.2. The molecule has 2 unspecified atom stereocenters. The number of amides is 1. The molecule has 6 heteroatoms. The van der Waals surface area contributed by atoms with Crippen LogP contribution in [0, 0.1) is 17.6 Å². The third-order valence-corrected chi connectivity index (χ3v) is 4.38. The molecule has 1 aliphatic rings. The summed E-state index contributed by atoms with van der Waals surface area (Å²) in [5.74, 6) is -1.99. The van der Waals surface area contributed by atoms with Crippen LogP contribution >= 0.6 is 0 Å². The summed E-state index contributed by atoms with van der Waals surface area (Å²) < 4.78 is 26.0. The lowest BCUT2D eigenvalue weighted by Crippen LogP contribution is -2.49. The molecular weight excluding hydrogens is 302 g/mol. The summed E-state index contributed by atoms with van der Waals surface area (Å²) in [6.07, 6.45) is 1.84. The van der Waals surface area contributed by atoms with Gasteiger partial charge in [0.05, 0.1) is 0 Å². The van der Waals surface area contributed by atoms with Gasteiger partial charge in [0.15, 0.2) is 17.4 Å². The van der Waals surface area contributed by atoms with Gasteiger partial charge in [-0.1, -0.05) is 6.92 Å². The zero-order valence-corrected chi connectivity index (χ0v) is 13.2. The molecule has 1 aromatic rings. The maximum atomic E-state index is 13.1. The average Bonchev–Trinajstić information content (AvgIpc) is 2.54. The number of likely N-dealkylation sites (tertiary alicyclic amines) is 1. The van der Waals surface area contributed by atoms with Gasteiger partial charge >= 0.3 is 0 Å². The highest BCUT2D eigenvalue weighted by molar-refractivity contribution is 5.98. The van der Waals surface area contributed by atoms with Crippen LogP contribution in [0.1, 0.15) is 43.0 Å². The van der Waals surface area contributed by atoms with Crippen molar-refractivity contribution >= 4 is 11.7 Å². The Morgan fingerprint density at radius 3 is 2.65 bits per heavy atom. The number of ketones is 1. The van der Waals surface area contributed by atoms with Crippen LogP contribution in [0.3, 0.4) is 0 Å². The molecule has 1 heterocycles. The van der Waals surface area contributed by atoms with Crippen LogP contribution in [-0.4, -0.2) is 35.7 Å². The highest BCUT2D eigenvalue weighted by Crippen LogP contribution is 2.23. The Kier molecular flexibility index (Phi) is 5.82. The van der Waals surface area contributed by atoms with Gasteiger partial charge in [-0.25, -0.2) is 8.78 Å². The molecule has 0 radical (unpaired) electrons. The Hall–Kier alpha value is -1.82. The van der Waals surface area contributed by atoms with Crippen molar-refractivity contribution in [2.24, 2.45) is 11.7 Å². The second-order valence-electron chi connectivity index (χ2n) is 6.16. The molecule has 2 N–H and O–H groups in total. The summed E-state index contributed by atoms with van der Waals surface area (Å²) in [5, 5.41) is 0. The van der Waals surface area contributed by atoms with Gasteiger partial charge < -0.3 is 10.6 Å². The van der Waals surface area contributed by atoms with Crippen molar-refractivity contribution in [1.82, 2.24) is 4.90 Å². The number of nitrogens with zero attached hydrogens (tertiary/aromatic N) is 1. The number of carbonyl (C=O) groups is 2. The van der Waals surface area contributed by atoms with Gasteiger partial charge in [0.2, 0.25) is 5.91 Å². The van der Waals surface area contributed by atoms with Gasteiger partial charge in [-0.3, -0.25) is 9.59 Å². The van der Waals surface area contributed by atoms with Crippen molar-refractivity contribution in [3.05, 3.63) is 35.4 Å². The summed E-state index contributed by atoms with van der Waals surface area (Å²) in [5.41, 5.74) is 5.82. The predicted octanol–water partition coefficient (Wildman–Crippen LogP) is 2.51. The van der Waals surface area contributed by atoms with Gasteiger partial charge in [-0.15, -0.1) is 0 Å². The van der Waals surface area contributed by atoms with E-state index in [2.05, 4.69) is 6.92 Å². The number of Topliss-reactive ketones (excluding diaryl/α,β-unsaturated/α-hetero) is 1. The van der Waals surface area contributed by atoms with E-state index in [9.17, 15) is 18.4 Å². The zero-order chi connectivity index (χ0) is 17.0. The summed E-state index contributed by atoms with van der Waals surface area (Å²) >= 11 is 0. The number of hydrogen-bond donors (Lipinski definition) is 1. The maximum absolute atomic E-state index is 13.1. The largest absolute Gasteiger partial charge is 0.338 e. The van der Waals surface area contributed by atoms with E-state index >= 15 is 0 Å². The fourth-order valence-corrected chi connectivity index (χ4v) is 2.98. The van der Waals surface area contributed by atoms with Crippen molar-refractivity contribution in [2.45, 2.75) is 38.6 Å². The second-order valence-corrected chi connectivity index (χ2v) is 6.16. The Balaban J connectivity index is 1.92. The first-order valence-corrected chi connectivity index (χ1v) is 7.90. The first kappa shape index (κ1) is 17.5. The first-order chi connectivity index (χ1) is 10.9. The molecule has 1 aromatic carbocycles. The minimum atomic E-state index is -1.06. The normalized spacial score (nSPS) is 21.3. The summed E-state index contributed by atoms with van der Waals surface area (Å²) in [6.45, 7) is 3.20. The van der Waals surface area contributed by atoms with Crippen LogP contribution in [0.2, 0.25) is 0 Å². The average molecular weight is 324 g/mol. The third kappa shape index (κ3) is 4.34. The maximum Gasteiger partial charge on any atom is 0.223 e. The number of halogens is 2. The van der Waals surface area contributed by atoms with Gasteiger partial charge in [-0.2, -0.15) is 0 Å². The van der Waals surface area contributed by atoms with E-state index in [1.807, 2.05) is 0 Å². The monoisotopic (exact) mass is 324 g/mol. The van der Waals surface area contributed by atoms with E-state index in [0.717, 1.165) is 25.0 Å². The molecule has 0 bridgehead atoms. The number of piperidine rings is 1. The van der Waals surface area contributed by atoms with Crippen molar-refractivity contribution in [3.8, 4) is 0 Å². The van der Waals surface area contributed by atoms with Gasteiger partial charge in [-0.05, 0) is 37.0 Å². The SMILES string of the molecule is CC1CCN(C(=O)CCC(=O)c2ccc(F)c(F)c2)C(CN)C1. The molecule has 4 nitrogen and oxygen atoms in total. The summed E-state index contributed by atoms with van der Waals surface area (Å²) in [7, 11) is 0. The van der Waals surface area contributed by atoms with Crippen LogP contribution in [0.15, 0.2) is 18.2 Å². The number of hydrogen-bond acceptors (Lipinski definition) is 3. The number of nitrogens with two attached hydrogens (primary N) is 1. The summed E-state index contributed by atoms with van der Waals surface area (Å²) in [4.78, 5) is 26.1. The third-order valence-electron chi connectivity index (χ3n) is 4.38. The Morgan fingerprint density at radius 1 is 1.26 bits per heavy atom. The van der Waals surface area contributed by atoms with Gasteiger partial charge in [0, 0.05) is 37.5 Å². The fourth-order valence-electron chi connectivity index (χ4n) is 2.98. The van der Waals surface area contributed by atoms with Gasteiger partial charge in [0.25, 0.3) is 0 Å². The molecule has 1 aliphatic heterocycles. The van der Waals surface area contributed by atoms with E-state index in [4.69, 9.17) is 5.73 Å². The quantitative estimate of drug-likeness (QED) is 0.847. The van der Waals surface area contributed by atoms with Crippen LogP contribution < -0.4 is 5.73 Å². The predicted molar refractivity (Wildman–Crippen MR) is 82.9 cm³/mol. The molecule has 0 saturated carbocycles. The number of benzene rings is 1. The first-order valence-electron chi connectivity index (χ1n) is 7.90. The second kappa shape index (κ2) is 7.64. The molecule has 0 aromatic heterocycles. The van der Waals surface area contributed by atoms with Crippen LogP contribution in [-0.2, 0) is 4.79 Å². The lowest BCUT2D eigenvalue weighted by atomic mass is 9.92. The van der Waals surface area contributed by atoms with E-state index in [1.165, 1.54) is 6.07 Å². The molecule has 1 amide bonds. The molecule has 2 rings (SSSR count). The van der Waals surface area contributed by atoms with E-state index < -0.39 is 11.6 Å². The molecular formula is C17H22F2N2O2. The lowest BCUT2D eigenvalue weighted by molar-refractivity contribution is -0.135. The molecule has 1 saturated heterocycles. The van der Waals surface area contributed by atoms with E-state index in [1.54, 1.807) is 4.90 Å². The number of carbonyl (C=O) groups excluding carboxylic acids is 2. The van der Waals surface area contributed by atoms with Gasteiger partial charge in [0.1, 0.15) is 0 Å². The molecule has 23 heavy (non-hydrogen) atoms. The topological polar surface area (TPSA) is 63.4 Å². The number of rotatable bonds is 5. The zero-order valence-electron chi connectivity index (χ0n) is 13.2. The standard InChI is InChI=1S/C17H22F2N2O2/c1-11-6-7-21(13(8-11)10-20)17(23)5-4-16(22)12-2-3-14(18)15(19)9-12/h2-3,9,11,13H,4-8,10,20H2,1H3. The van der Waals surface area contributed by atoms with Crippen molar-refractivity contribution in [1.29, 1.82) is 0 Å². The smallest absolute Gasteiger partial charge is 0.223 e. The molecule has 126 valence electrons. The Morgan fingerprint density at radius 2 is 2.00 bits per heavy atom. The molecule has 0 aliphatic carbocycles. The lowest BCUT2D eigenvalue weighted by Gasteiger charge is -2.38. The Bertz CT molecular complexity index is 592. The highest BCUT2D eigenvalue weighted by Gasteiger charge is 2.28. The Labute approximate surface area is 134 Å². The van der Waals surface area contributed by atoms with E-state index in [0.29, 0.717) is 19.0 Å². The van der Waals surface area contributed by atoms with E-state index in [-0.39, 0.29) is 36.1 Å². The van der Waals surface area contributed by atoms with Crippen molar-refractivity contribution in [2.75, 3.05) is 13.1 Å². The van der Waals surface area contributed by atoms with Crippen LogP contribution in [0.4, 0.5) is 8.78 Å². The minimum Gasteiger partial charge on any atom is -0.338 e. The molecule has 2 atom stereocenters. The molecule has 0 spiro atoms. The molecule has 1 fully saturated rings.